The molecule has 0 amide bonds. The monoisotopic (exact) mass is 236 g/mol. The van der Waals surface area contributed by atoms with E-state index in [1.165, 1.54) is 13.2 Å². The number of rotatable bonds is 2. The Kier molecular flexibility index (Phi) is 2.71. The molecule has 2 rings (SSSR count). The Bertz CT molecular complexity index is 563. The molecule has 82 valence electrons. The molecule has 0 atom stereocenters. The highest BCUT2D eigenvalue weighted by Gasteiger charge is 2.13. The number of hydrogen-bond donors (Lipinski definition) is 1. The highest BCUT2D eigenvalue weighted by Crippen LogP contribution is 2.31. The first kappa shape index (κ1) is 10.8. The molecule has 0 aliphatic rings. The lowest BCUT2D eigenvalue weighted by molar-refractivity contribution is 0.0693. The van der Waals surface area contributed by atoms with Crippen LogP contribution in [-0.4, -0.2) is 18.2 Å². The highest BCUT2D eigenvalue weighted by molar-refractivity contribution is 6.31. The summed E-state index contributed by atoms with van der Waals surface area (Å²) in [5, 5.41) is 11.2. The lowest BCUT2D eigenvalue weighted by Crippen LogP contribution is -2.00. The van der Waals surface area contributed by atoms with Gasteiger partial charge in [-0.3, -0.25) is 0 Å². The number of carboxylic acids is 1. The molecule has 0 aromatic heterocycles. The molecular formula is C12H9ClO3. The lowest BCUT2D eigenvalue weighted by atomic mass is 10.1. The fourth-order valence-electron chi connectivity index (χ4n) is 1.66. The van der Waals surface area contributed by atoms with Gasteiger partial charge in [0.15, 0.2) is 0 Å². The van der Waals surface area contributed by atoms with Crippen molar-refractivity contribution in [3.05, 3.63) is 40.9 Å². The number of carboxylic acid groups (broad SMARTS) is 1. The average Bonchev–Trinajstić information content (AvgIpc) is 2.26. The minimum atomic E-state index is -1.01. The first-order chi connectivity index (χ1) is 7.63. The summed E-state index contributed by atoms with van der Waals surface area (Å²) in [6, 6.07) is 8.46. The van der Waals surface area contributed by atoms with Gasteiger partial charge in [0.05, 0.1) is 7.11 Å². The summed E-state index contributed by atoms with van der Waals surface area (Å²) >= 11 is 5.86. The Morgan fingerprint density at radius 3 is 2.69 bits per heavy atom. The predicted octanol–water partition coefficient (Wildman–Crippen LogP) is 3.20. The molecule has 2 aromatic carbocycles. The molecule has 0 radical (unpaired) electrons. The fourth-order valence-corrected chi connectivity index (χ4v) is 1.84. The van der Waals surface area contributed by atoms with Crippen LogP contribution < -0.4 is 4.74 Å². The second-order valence-electron chi connectivity index (χ2n) is 3.32. The smallest absolute Gasteiger partial charge is 0.339 e. The zero-order valence-corrected chi connectivity index (χ0v) is 9.28. The molecule has 0 unspecified atom stereocenters. The van der Waals surface area contributed by atoms with Crippen LogP contribution in [-0.2, 0) is 0 Å². The van der Waals surface area contributed by atoms with Crippen molar-refractivity contribution in [3.8, 4) is 5.75 Å². The fraction of sp³-hybridized carbons (Fsp3) is 0.0833. The van der Waals surface area contributed by atoms with Gasteiger partial charge in [0.2, 0.25) is 0 Å². The van der Waals surface area contributed by atoms with Gasteiger partial charge in [0.1, 0.15) is 11.3 Å². The van der Waals surface area contributed by atoms with Crippen molar-refractivity contribution in [1.29, 1.82) is 0 Å². The summed E-state index contributed by atoms with van der Waals surface area (Å²) in [7, 11) is 1.45. The van der Waals surface area contributed by atoms with Crippen molar-refractivity contribution in [2.24, 2.45) is 0 Å². The second kappa shape index (κ2) is 4.02. The van der Waals surface area contributed by atoms with Crippen LogP contribution in [0.5, 0.6) is 5.75 Å². The number of methoxy groups -OCH3 is 1. The molecule has 16 heavy (non-hydrogen) atoms. The van der Waals surface area contributed by atoms with E-state index in [4.69, 9.17) is 21.4 Å². The molecule has 0 saturated carbocycles. The molecule has 0 spiro atoms. The van der Waals surface area contributed by atoms with Gasteiger partial charge in [-0.1, -0.05) is 17.7 Å². The van der Waals surface area contributed by atoms with Gasteiger partial charge in [0, 0.05) is 10.4 Å². The summed E-state index contributed by atoms with van der Waals surface area (Å²) in [5.41, 5.74) is 0.150. The maximum Gasteiger partial charge on any atom is 0.339 e. The first-order valence-electron chi connectivity index (χ1n) is 4.63. The number of halogens is 1. The second-order valence-corrected chi connectivity index (χ2v) is 3.75. The normalized spacial score (nSPS) is 10.4. The molecule has 0 aliphatic carbocycles. The Hall–Kier alpha value is -1.74. The van der Waals surface area contributed by atoms with Crippen molar-refractivity contribution < 1.29 is 14.6 Å². The van der Waals surface area contributed by atoms with Crippen molar-refractivity contribution in [1.82, 2.24) is 0 Å². The minimum absolute atomic E-state index is 0.150. The summed E-state index contributed by atoms with van der Waals surface area (Å²) in [6.45, 7) is 0. The van der Waals surface area contributed by atoms with E-state index < -0.39 is 5.97 Å². The predicted molar refractivity (Wildman–Crippen MR) is 62.5 cm³/mol. The third kappa shape index (κ3) is 1.70. The van der Waals surface area contributed by atoms with Crippen LogP contribution in [0.4, 0.5) is 0 Å². The van der Waals surface area contributed by atoms with Gasteiger partial charge in [-0.2, -0.15) is 0 Å². The number of hydrogen-bond acceptors (Lipinski definition) is 2. The largest absolute Gasteiger partial charge is 0.495 e. The van der Waals surface area contributed by atoms with Crippen LogP contribution in [0.3, 0.4) is 0 Å². The third-order valence-corrected chi connectivity index (χ3v) is 2.60. The van der Waals surface area contributed by atoms with E-state index in [-0.39, 0.29) is 5.56 Å². The van der Waals surface area contributed by atoms with E-state index in [0.717, 1.165) is 10.8 Å². The molecule has 0 bridgehead atoms. The number of fused-ring (bicyclic) bond motifs is 1. The molecule has 1 N–H and O–H groups in total. The highest BCUT2D eigenvalue weighted by atomic mass is 35.5. The Morgan fingerprint density at radius 1 is 1.31 bits per heavy atom. The van der Waals surface area contributed by atoms with Crippen molar-refractivity contribution in [3.63, 3.8) is 0 Å². The number of aromatic carboxylic acids is 1. The van der Waals surface area contributed by atoms with E-state index in [0.29, 0.717) is 10.8 Å². The number of benzene rings is 2. The van der Waals surface area contributed by atoms with Crippen molar-refractivity contribution in [2.45, 2.75) is 0 Å². The Morgan fingerprint density at radius 2 is 2.06 bits per heavy atom. The van der Waals surface area contributed by atoms with Crippen LogP contribution in [0.15, 0.2) is 30.3 Å². The standard InChI is InChI=1S/C12H9ClO3/c1-16-11-9-5-3-8(13)6-7(9)2-4-10(11)12(14)15/h2-6H,1H3,(H,14,15). The van der Waals surface area contributed by atoms with Crippen molar-refractivity contribution >= 4 is 28.3 Å². The van der Waals surface area contributed by atoms with E-state index >= 15 is 0 Å². The van der Waals surface area contributed by atoms with E-state index in [1.807, 2.05) is 0 Å². The van der Waals surface area contributed by atoms with Gasteiger partial charge in [0.25, 0.3) is 0 Å². The van der Waals surface area contributed by atoms with Crippen LogP contribution in [0, 0.1) is 0 Å². The Labute approximate surface area is 97.2 Å². The average molecular weight is 237 g/mol. The molecule has 0 heterocycles. The summed E-state index contributed by atoms with van der Waals surface area (Å²) < 4.78 is 5.14. The molecule has 0 saturated heterocycles. The van der Waals surface area contributed by atoms with Crippen LogP contribution in [0.25, 0.3) is 10.8 Å². The third-order valence-electron chi connectivity index (χ3n) is 2.37. The van der Waals surface area contributed by atoms with Crippen LogP contribution in [0.1, 0.15) is 10.4 Å². The van der Waals surface area contributed by atoms with Crippen LogP contribution in [0.2, 0.25) is 5.02 Å². The maximum absolute atomic E-state index is 11.0. The van der Waals surface area contributed by atoms with Gasteiger partial charge in [-0.05, 0) is 29.7 Å². The van der Waals surface area contributed by atoms with Crippen LogP contribution >= 0.6 is 11.6 Å². The topological polar surface area (TPSA) is 46.5 Å². The van der Waals surface area contributed by atoms with Crippen molar-refractivity contribution in [2.75, 3.05) is 7.11 Å². The minimum Gasteiger partial charge on any atom is -0.495 e. The van der Waals surface area contributed by atoms with Gasteiger partial charge in [-0.15, -0.1) is 0 Å². The quantitative estimate of drug-likeness (QED) is 0.871. The number of carbonyl (C=O) groups is 1. The molecule has 0 fully saturated rings. The molecule has 2 aromatic rings. The zero-order valence-electron chi connectivity index (χ0n) is 8.53. The summed E-state index contributed by atoms with van der Waals surface area (Å²) in [5.74, 6) is -0.643. The van der Waals surface area contributed by atoms with Gasteiger partial charge in [-0.25, -0.2) is 4.79 Å². The zero-order chi connectivity index (χ0) is 11.7. The lowest BCUT2D eigenvalue weighted by Gasteiger charge is -2.08. The molecule has 3 nitrogen and oxygen atoms in total. The summed E-state index contributed by atoms with van der Waals surface area (Å²) in [6.07, 6.45) is 0. The SMILES string of the molecule is COc1c(C(=O)O)ccc2cc(Cl)ccc12. The summed E-state index contributed by atoms with van der Waals surface area (Å²) in [4.78, 5) is 11.0. The van der Waals surface area contributed by atoms with Gasteiger partial charge >= 0.3 is 5.97 Å². The van der Waals surface area contributed by atoms with E-state index in [1.54, 1.807) is 24.3 Å². The molecule has 4 heteroatoms. The van der Waals surface area contributed by atoms with E-state index in [2.05, 4.69) is 0 Å². The van der Waals surface area contributed by atoms with Gasteiger partial charge < -0.3 is 9.84 Å². The molecule has 0 aliphatic heterocycles. The number of ether oxygens (including phenoxy) is 1. The van der Waals surface area contributed by atoms with E-state index in [9.17, 15) is 4.79 Å². The first-order valence-corrected chi connectivity index (χ1v) is 5.01. The maximum atomic E-state index is 11.0. The molecular weight excluding hydrogens is 228 g/mol. The Balaban J connectivity index is 2.80.